The highest BCUT2D eigenvalue weighted by Crippen LogP contribution is 2.33. The minimum absolute atomic E-state index is 0.113. The number of thiophene rings is 2. The standard InChI is InChI=1S/C19H17NO4S2/c1-24-19(23)13-6-4-12(5-7-13)18(22)20-11-14(21)15-8-9-17(26-15)16-3-2-10-25-16/h2-10,14,21H,11H2,1H3,(H,20,22)/t14-/m1/s1. The Bertz CT molecular complexity index is 885. The molecule has 1 aromatic carbocycles. The first-order chi connectivity index (χ1) is 12.6. The number of aliphatic hydroxyl groups excluding tert-OH is 1. The highest BCUT2D eigenvalue weighted by molar-refractivity contribution is 7.21. The lowest BCUT2D eigenvalue weighted by atomic mass is 10.1. The Hall–Kier alpha value is -2.48. The number of hydrogen-bond donors (Lipinski definition) is 2. The number of carbonyl (C=O) groups is 2. The van der Waals surface area contributed by atoms with Gasteiger partial charge in [-0.3, -0.25) is 4.79 Å². The summed E-state index contributed by atoms with van der Waals surface area (Å²) in [5.74, 6) is -0.762. The van der Waals surface area contributed by atoms with Crippen molar-refractivity contribution in [3.8, 4) is 9.75 Å². The summed E-state index contributed by atoms with van der Waals surface area (Å²) in [5.41, 5.74) is 0.791. The third-order valence-corrected chi connectivity index (χ3v) is 6.00. The second kappa shape index (κ2) is 8.27. The van der Waals surface area contributed by atoms with Crippen LogP contribution >= 0.6 is 22.7 Å². The van der Waals surface area contributed by atoms with Gasteiger partial charge in [-0.15, -0.1) is 22.7 Å². The highest BCUT2D eigenvalue weighted by Gasteiger charge is 2.14. The minimum atomic E-state index is -0.771. The molecule has 0 unspecified atom stereocenters. The number of carbonyl (C=O) groups excluding carboxylic acids is 2. The largest absolute Gasteiger partial charge is 0.465 e. The molecule has 2 N–H and O–H groups in total. The first-order valence-electron chi connectivity index (χ1n) is 7.86. The van der Waals surface area contributed by atoms with E-state index in [2.05, 4.69) is 10.1 Å². The zero-order chi connectivity index (χ0) is 18.5. The zero-order valence-corrected chi connectivity index (χ0v) is 15.6. The van der Waals surface area contributed by atoms with Crippen LogP contribution in [-0.4, -0.2) is 30.6 Å². The lowest BCUT2D eigenvalue weighted by molar-refractivity contribution is 0.0600. The summed E-state index contributed by atoms with van der Waals surface area (Å²) in [6.07, 6.45) is -0.771. The van der Waals surface area contributed by atoms with Crippen molar-refractivity contribution in [2.45, 2.75) is 6.10 Å². The molecule has 0 radical (unpaired) electrons. The summed E-state index contributed by atoms with van der Waals surface area (Å²) in [6.45, 7) is 0.113. The van der Waals surface area contributed by atoms with Gasteiger partial charge in [0.1, 0.15) is 6.10 Å². The summed E-state index contributed by atoms with van der Waals surface area (Å²) in [5, 5.41) is 15.0. The van der Waals surface area contributed by atoms with Crippen LogP contribution in [0.5, 0.6) is 0 Å². The summed E-state index contributed by atoms with van der Waals surface area (Å²) in [4.78, 5) is 26.6. The van der Waals surface area contributed by atoms with Crippen LogP contribution in [0.25, 0.3) is 9.75 Å². The predicted molar refractivity (Wildman–Crippen MR) is 103 cm³/mol. The second-order valence-corrected chi connectivity index (χ2v) is 7.54. The van der Waals surface area contributed by atoms with E-state index in [9.17, 15) is 14.7 Å². The van der Waals surface area contributed by atoms with Crippen molar-refractivity contribution in [1.82, 2.24) is 5.32 Å². The van der Waals surface area contributed by atoms with E-state index >= 15 is 0 Å². The average molecular weight is 387 g/mol. The number of aliphatic hydroxyl groups is 1. The zero-order valence-electron chi connectivity index (χ0n) is 14.0. The second-order valence-electron chi connectivity index (χ2n) is 5.47. The van der Waals surface area contributed by atoms with Gasteiger partial charge in [-0.2, -0.15) is 0 Å². The van der Waals surface area contributed by atoms with Crippen LogP contribution in [0.15, 0.2) is 53.9 Å². The number of nitrogens with one attached hydrogen (secondary N) is 1. The van der Waals surface area contributed by atoms with Crippen molar-refractivity contribution in [3.05, 3.63) is 69.9 Å². The molecule has 2 heterocycles. The van der Waals surface area contributed by atoms with Gasteiger partial charge in [-0.1, -0.05) is 6.07 Å². The van der Waals surface area contributed by atoms with Crippen molar-refractivity contribution in [2.75, 3.05) is 13.7 Å². The summed E-state index contributed by atoms with van der Waals surface area (Å²) >= 11 is 3.16. The molecule has 134 valence electrons. The van der Waals surface area contributed by atoms with Crippen LogP contribution in [0.4, 0.5) is 0 Å². The van der Waals surface area contributed by atoms with Crippen LogP contribution in [0, 0.1) is 0 Å². The average Bonchev–Trinajstić information content (AvgIpc) is 3.36. The van der Waals surface area contributed by atoms with Gasteiger partial charge in [0.15, 0.2) is 0 Å². The molecule has 0 saturated heterocycles. The first-order valence-corrected chi connectivity index (χ1v) is 9.56. The van der Waals surface area contributed by atoms with Gasteiger partial charge >= 0.3 is 5.97 Å². The Morgan fingerprint density at radius 1 is 1.08 bits per heavy atom. The molecule has 5 nitrogen and oxygen atoms in total. The molecule has 0 aliphatic rings. The van der Waals surface area contributed by atoms with Gasteiger partial charge in [-0.05, 0) is 47.8 Å². The number of hydrogen-bond acceptors (Lipinski definition) is 6. The Morgan fingerprint density at radius 3 is 2.46 bits per heavy atom. The van der Waals surface area contributed by atoms with Gasteiger partial charge < -0.3 is 15.2 Å². The predicted octanol–water partition coefficient (Wildman–Crippen LogP) is 3.73. The van der Waals surface area contributed by atoms with E-state index in [1.54, 1.807) is 23.5 Å². The maximum absolute atomic E-state index is 12.2. The third-order valence-electron chi connectivity index (χ3n) is 3.74. The molecule has 2 aromatic heterocycles. The lowest BCUT2D eigenvalue weighted by Crippen LogP contribution is -2.28. The van der Waals surface area contributed by atoms with E-state index in [-0.39, 0.29) is 12.5 Å². The monoisotopic (exact) mass is 387 g/mol. The van der Waals surface area contributed by atoms with Gasteiger partial charge in [-0.25, -0.2) is 4.79 Å². The van der Waals surface area contributed by atoms with E-state index in [1.165, 1.54) is 30.6 Å². The normalized spacial score (nSPS) is 11.8. The van der Waals surface area contributed by atoms with Gasteiger partial charge in [0, 0.05) is 26.7 Å². The van der Waals surface area contributed by atoms with Gasteiger partial charge in [0.05, 0.1) is 12.7 Å². The molecule has 3 rings (SSSR count). The molecule has 1 atom stereocenters. The van der Waals surface area contributed by atoms with Gasteiger partial charge in [0.2, 0.25) is 0 Å². The Labute approximate surface area is 158 Å². The number of esters is 1. The summed E-state index contributed by atoms with van der Waals surface area (Å²) in [7, 11) is 1.30. The molecule has 26 heavy (non-hydrogen) atoms. The number of benzene rings is 1. The SMILES string of the molecule is COC(=O)c1ccc(C(=O)NC[C@@H](O)c2ccc(-c3cccs3)s2)cc1. The fourth-order valence-electron chi connectivity index (χ4n) is 2.35. The molecule has 1 amide bonds. The molecule has 3 aromatic rings. The Morgan fingerprint density at radius 2 is 1.81 bits per heavy atom. The quantitative estimate of drug-likeness (QED) is 0.632. The van der Waals surface area contributed by atoms with Crippen LogP contribution in [-0.2, 0) is 4.74 Å². The number of amides is 1. The summed E-state index contributed by atoms with van der Waals surface area (Å²) < 4.78 is 4.62. The van der Waals surface area contributed by atoms with Crippen LogP contribution in [0.2, 0.25) is 0 Å². The van der Waals surface area contributed by atoms with E-state index < -0.39 is 12.1 Å². The molecule has 7 heteroatoms. The number of methoxy groups -OCH3 is 1. The maximum atomic E-state index is 12.2. The molecular weight excluding hydrogens is 370 g/mol. The van der Waals surface area contributed by atoms with E-state index in [0.29, 0.717) is 11.1 Å². The van der Waals surface area contributed by atoms with E-state index in [0.717, 1.165) is 14.6 Å². The molecule has 0 saturated carbocycles. The van der Waals surface area contributed by atoms with Crippen molar-refractivity contribution >= 4 is 34.6 Å². The lowest BCUT2D eigenvalue weighted by Gasteiger charge is -2.10. The molecule has 0 aliphatic heterocycles. The molecular formula is C19H17NO4S2. The van der Waals surface area contributed by atoms with Crippen LogP contribution in [0.3, 0.4) is 0 Å². The van der Waals surface area contributed by atoms with E-state index in [4.69, 9.17) is 0 Å². The molecule has 0 spiro atoms. The Balaban J connectivity index is 1.58. The maximum Gasteiger partial charge on any atom is 0.337 e. The minimum Gasteiger partial charge on any atom is -0.465 e. The van der Waals surface area contributed by atoms with Crippen molar-refractivity contribution in [1.29, 1.82) is 0 Å². The third kappa shape index (κ3) is 4.19. The topological polar surface area (TPSA) is 75.6 Å². The molecule has 0 aliphatic carbocycles. The van der Waals surface area contributed by atoms with Gasteiger partial charge in [0.25, 0.3) is 5.91 Å². The molecule has 0 fully saturated rings. The smallest absolute Gasteiger partial charge is 0.337 e. The Kier molecular flexibility index (Phi) is 5.82. The highest BCUT2D eigenvalue weighted by atomic mass is 32.1. The fourth-order valence-corrected chi connectivity index (χ4v) is 4.18. The number of ether oxygens (including phenoxy) is 1. The molecule has 0 bridgehead atoms. The van der Waals surface area contributed by atoms with Crippen molar-refractivity contribution in [3.63, 3.8) is 0 Å². The number of rotatable bonds is 6. The first kappa shape index (κ1) is 18.3. The summed E-state index contributed by atoms with van der Waals surface area (Å²) in [6, 6.07) is 14.0. The fraction of sp³-hybridized carbons (Fsp3) is 0.158. The van der Waals surface area contributed by atoms with E-state index in [1.807, 2.05) is 29.6 Å². The van der Waals surface area contributed by atoms with Crippen molar-refractivity contribution in [2.24, 2.45) is 0 Å². The van der Waals surface area contributed by atoms with Crippen LogP contribution < -0.4 is 5.32 Å². The van der Waals surface area contributed by atoms with Crippen LogP contribution in [0.1, 0.15) is 31.7 Å². The van der Waals surface area contributed by atoms with Crippen molar-refractivity contribution < 1.29 is 19.4 Å².